The third-order valence-electron chi connectivity index (χ3n) is 3.52. The van der Waals surface area contributed by atoms with Crippen molar-refractivity contribution >= 4 is 27.8 Å². The van der Waals surface area contributed by atoms with Crippen LogP contribution in [0.15, 0.2) is 56.6 Å². The number of nitrogens with zero attached hydrogens (tertiary/aromatic N) is 1. The van der Waals surface area contributed by atoms with E-state index in [4.69, 9.17) is 4.42 Å². The van der Waals surface area contributed by atoms with Crippen molar-refractivity contribution in [1.29, 1.82) is 0 Å². The summed E-state index contributed by atoms with van der Waals surface area (Å²) >= 11 is 0. The number of oxazole rings is 1. The molecule has 2 aromatic carbocycles. The molecule has 0 bridgehead atoms. The van der Waals surface area contributed by atoms with Crippen molar-refractivity contribution in [2.75, 3.05) is 4.72 Å². The number of fused-ring (bicyclic) bond motifs is 1. The first kappa shape index (κ1) is 14.6. The minimum Gasteiger partial charge on any atom is -0.408 e. The first-order valence-corrected chi connectivity index (χ1v) is 8.10. The van der Waals surface area contributed by atoms with Crippen LogP contribution in [0.5, 0.6) is 0 Å². The van der Waals surface area contributed by atoms with Crippen molar-refractivity contribution < 1.29 is 8.63 Å². The van der Waals surface area contributed by atoms with Crippen LogP contribution in [0.4, 0.5) is 5.69 Å². The molecule has 3 rings (SSSR count). The molecule has 6 heteroatoms. The van der Waals surface area contributed by atoms with E-state index in [-0.39, 0.29) is 0 Å². The second-order valence-electron chi connectivity index (χ2n) is 4.98. The quantitative estimate of drug-likeness (QED) is 0.805. The monoisotopic (exact) mass is 316 g/mol. The van der Waals surface area contributed by atoms with E-state index in [0.29, 0.717) is 16.0 Å². The van der Waals surface area contributed by atoms with Gasteiger partial charge < -0.3 is 9.14 Å². The smallest absolute Gasteiger partial charge is 0.408 e. The third kappa shape index (κ3) is 2.69. The molecule has 0 aliphatic heterocycles. The highest BCUT2D eigenvalue weighted by molar-refractivity contribution is 7.86. The number of hydrogen-bond donors (Lipinski definition) is 1. The van der Waals surface area contributed by atoms with Gasteiger partial charge in [-0.15, -0.1) is 0 Å². The number of benzene rings is 2. The SMILES string of the molecule is CCc1cccc(NS(=O)c2ccc3c(c2)oc(=O)n3C)c1. The third-order valence-corrected chi connectivity index (χ3v) is 4.63. The summed E-state index contributed by atoms with van der Waals surface area (Å²) in [6.07, 6.45) is 0.920. The van der Waals surface area contributed by atoms with E-state index in [2.05, 4.69) is 11.6 Å². The predicted octanol–water partition coefficient (Wildman–Crippen LogP) is 2.83. The maximum Gasteiger partial charge on any atom is 0.419 e. The molecule has 1 aromatic heterocycles. The van der Waals surface area contributed by atoms with Gasteiger partial charge in [0.15, 0.2) is 5.58 Å². The summed E-state index contributed by atoms with van der Waals surface area (Å²) in [5.74, 6) is -0.429. The van der Waals surface area contributed by atoms with Crippen LogP contribution in [-0.2, 0) is 24.5 Å². The lowest BCUT2D eigenvalue weighted by Gasteiger charge is -2.07. The Labute approximate surface area is 130 Å². The Kier molecular flexibility index (Phi) is 3.85. The second kappa shape index (κ2) is 5.81. The Morgan fingerprint density at radius 2 is 2.05 bits per heavy atom. The molecule has 5 nitrogen and oxygen atoms in total. The Balaban J connectivity index is 1.90. The first-order valence-electron chi connectivity index (χ1n) is 6.95. The van der Waals surface area contributed by atoms with Gasteiger partial charge in [-0.2, -0.15) is 0 Å². The van der Waals surface area contributed by atoms with E-state index in [0.717, 1.165) is 12.1 Å². The molecule has 0 aliphatic carbocycles. The molecule has 3 aromatic rings. The molecule has 1 unspecified atom stereocenters. The largest absolute Gasteiger partial charge is 0.419 e. The maximum atomic E-state index is 12.4. The molecule has 0 saturated carbocycles. The van der Waals surface area contributed by atoms with Crippen LogP contribution in [0.25, 0.3) is 11.1 Å². The van der Waals surface area contributed by atoms with Crippen LogP contribution in [0.1, 0.15) is 12.5 Å². The summed E-state index contributed by atoms with van der Waals surface area (Å²) in [4.78, 5) is 12.0. The van der Waals surface area contributed by atoms with Gasteiger partial charge in [0.2, 0.25) is 0 Å². The lowest BCUT2D eigenvalue weighted by atomic mass is 10.1. The van der Waals surface area contributed by atoms with Crippen molar-refractivity contribution in [2.24, 2.45) is 7.05 Å². The molecule has 1 atom stereocenters. The summed E-state index contributed by atoms with van der Waals surface area (Å²) in [6.45, 7) is 2.07. The van der Waals surface area contributed by atoms with Crippen molar-refractivity contribution in [3.63, 3.8) is 0 Å². The van der Waals surface area contributed by atoms with Crippen molar-refractivity contribution in [2.45, 2.75) is 18.2 Å². The molecule has 0 saturated heterocycles. The van der Waals surface area contributed by atoms with Gasteiger partial charge in [0.25, 0.3) is 0 Å². The highest BCUT2D eigenvalue weighted by Gasteiger charge is 2.10. The van der Waals surface area contributed by atoms with Gasteiger partial charge in [-0.05, 0) is 36.2 Å². The zero-order chi connectivity index (χ0) is 15.7. The number of aryl methyl sites for hydroxylation is 2. The summed E-state index contributed by atoms with van der Waals surface area (Å²) in [5.41, 5.74) is 3.08. The second-order valence-corrected chi connectivity index (χ2v) is 6.19. The highest BCUT2D eigenvalue weighted by Crippen LogP contribution is 2.19. The van der Waals surface area contributed by atoms with E-state index < -0.39 is 16.7 Å². The van der Waals surface area contributed by atoms with Crippen molar-refractivity contribution in [1.82, 2.24) is 4.57 Å². The zero-order valence-corrected chi connectivity index (χ0v) is 13.1. The molecular weight excluding hydrogens is 300 g/mol. The van der Waals surface area contributed by atoms with Crippen LogP contribution < -0.4 is 10.5 Å². The van der Waals surface area contributed by atoms with Crippen LogP contribution in [0.3, 0.4) is 0 Å². The van der Waals surface area contributed by atoms with E-state index >= 15 is 0 Å². The standard InChI is InChI=1S/C16H16N2O3S/c1-3-11-5-4-6-12(9-11)17-22(20)13-7-8-14-15(10-13)21-16(19)18(14)2/h4-10,17H,3H2,1-2H3. The Morgan fingerprint density at radius 1 is 1.23 bits per heavy atom. The lowest BCUT2D eigenvalue weighted by Crippen LogP contribution is -2.08. The maximum absolute atomic E-state index is 12.4. The fraction of sp³-hybridized carbons (Fsp3) is 0.188. The zero-order valence-electron chi connectivity index (χ0n) is 12.3. The first-order chi connectivity index (χ1) is 10.6. The minimum atomic E-state index is -1.42. The van der Waals surface area contributed by atoms with E-state index in [1.165, 1.54) is 10.1 Å². The van der Waals surface area contributed by atoms with Gasteiger partial charge >= 0.3 is 5.76 Å². The number of rotatable bonds is 4. The fourth-order valence-corrected chi connectivity index (χ4v) is 3.11. The summed E-state index contributed by atoms with van der Waals surface area (Å²) in [7, 11) is 0.219. The van der Waals surface area contributed by atoms with Gasteiger partial charge in [0.05, 0.1) is 10.4 Å². The topological polar surface area (TPSA) is 64.2 Å². The molecule has 0 aliphatic rings. The average molecular weight is 316 g/mol. The molecule has 22 heavy (non-hydrogen) atoms. The van der Waals surface area contributed by atoms with Crippen molar-refractivity contribution in [3.8, 4) is 0 Å². The summed E-state index contributed by atoms with van der Waals surface area (Å²) in [5, 5.41) is 0. The van der Waals surface area contributed by atoms with Crippen LogP contribution in [0, 0.1) is 0 Å². The molecular formula is C16H16N2O3S. The predicted molar refractivity (Wildman–Crippen MR) is 87.3 cm³/mol. The number of nitrogens with one attached hydrogen (secondary N) is 1. The molecule has 1 N–H and O–H groups in total. The van der Waals surface area contributed by atoms with Crippen LogP contribution in [-0.4, -0.2) is 8.78 Å². The highest BCUT2D eigenvalue weighted by atomic mass is 32.2. The van der Waals surface area contributed by atoms with E-state index in [1.54, 1.807) is 25.2 Å². The molecule has 0 amide bonds. The van der Waals surface area contributed by atoms with E-state index in [1.807, 2.05) is 24.3 Å². The van der Waals surface area contributed by atoms with Gasteiger partial charge in [-0.25, -0.2) is 9.00 Å². The molecule has 0 spiro atoms. The molecule has 114 valence electrons. The Morgan fingerprint density at radius 3 is 2.82 bits per heavy atom. The number of anilines is 1. The molecule has 0 fully saturated rings. The van der Waals surface area contributed by atoms with E-state index in [9.17, 15) is 9.00 Å². The van der Waals surface area contributed by atoms with Gasteiger partial charge in [-0.1, -0.05) is 19.1 Å². The lowest BCUT2D eigenvalue weighted by molar-refractivity contribution is 0.527. The minimum absolute atomic E-state index is 0.429. The Bertz CT molecular complexity index is 911. The number of aromatic nitrogens is 1. The molecule has 0 radical (unpaired) electrons. The van der Waals surface area contributed by atoms with Crippen molar-refractivity contribution in [3.05, 3.63) is 58.6 Å². The van der Waals surface area contributed by atoms with Crippen LogP contribution in [0.2, 0.25) is 0 Å². The summed E-state index contributed by atoms with van der Waals surface area (Å²) < 4.78 is 21.9. The summed E-state index contributed by atoms with van der Waals surface area (Å²) in [6, 6.07) is 12.9. The fourth-order valence-electron chi connectivity index (χ4n) is 2.25. The van der Waals surface area contributed by atoms with Gasteiger partial charge in [0.1, 0.15) is 11.0 Å². The normalized spacial score (nSPS) is 12.5. The Hall–Kier alpha value is -2.34. The number of hydrogen-bond acceptors (Lipinski definition) is 3. The van der Waals surface area contributed by atoms with Gasteiger partial charge in [0, 0.05) is 18.8 Å². The molecule has 1 heterocycles. The van der Waals surface area contributed by atoms with Gasteiger partial charge in [-0.3, -0.25) is 4.57 Å². The van der Waals surface area contributed by atoms with Crippen LogP contribution >= 0.6 is 0 Å². The average Bonchev–Trinajstić information content (AvgIpc) is 2.81.